The second-order valence-corrected chi connectivity index (χ2v) is 7.46. The lowest BCUT2D eigenvalue weighted by Crippen LogP contribution is -2.24. The van der Waals surface area contributed by atoms with Crippen LogP contribution in [0.5, 0.6) is 5.75 Å². The van der Waals surface area contributed by atoms with Gasteiger partial charge in [0.15, 0.2) is 11.6 Å². The van der Waals surface area contributed by atoms with Gasteiger partial charge in [-0.1, -0.05) is 43.3 Å². The van der Waals surface area contributed by atoms with E-state index in [4.69, 9.17) is 9.26 Å². The molecule has 0 aliphatic carbocycles. The number of ether oxygens (including phenoxy) is 1. The van der Waals surface area contributed by atoms with Crippen LogP contribution in [0.2, 0.25) is 0 Å². The summed E-state index contributed by atoms with van der Waals surface area (Å²) in [5.74, 6) is 0.648. The van der Waals surface area contributed by atoms with Crippen LogP contribution in [-0.2, 0) is 4.79 Å². The molecule has 0 saturated carbocycles. The first kappa shape index (κ1) is 19.1. The predicted octanol–water partition coefficient (Wildman–Crippen LogP) is 4.53. The molecule has 1 aromatic heterocycles. The van der Waals surface area contributed by atoms with Gasteiger partial charge in [0.05, 0.1) is 13.0 Å². The molecule has 1 unspecified atom stereocenters. The molecule has 0 bridgehead atoms. The first-order valence-electron chi connectivity index (χ1n) is 9.54. The summed E-state index contributed by atoms with van der Waals surface area (Å²) >= 11 is 0. The Labute approximate surface area is 168 Å². The van der Waals surface area contributed by atoms with E-state index in [0.717, 1.165) is 5.56 Å². The van der Waals surface area contributed by atoms with Crippen LogP contribution in [0.25, 0.3) is 11.4 Å². The molecule has 3 aromatic rings. The molecule has 0 radical (unpaired) electrons. The lowest BCUT2D eigenvalue weighted by atomic mass is 10.0. The first-order chi connectivity index (χ1) is 14.0. The molecule has 1 atom stereocenters. The van der Waals surface area contributed by atoms with Gasteiger partial charge in [-0.05, 0) is 23.6 Å². The fraction of sp³-hybridized carbons (Fsp3) is 0.318. The number of nitrogens with zero attached hydrogens (tertiary/aromatic N) is 3. The molecule has 0 N–H and O–H groups in total. The fourth-order valence-electron chi connectivity index (χ4n) is 3.48. The van der Waals surface area contributed by atoms with Gasteiger partial charge in [-0.25, -0.2) is 4.39 Å². The highest BCUT2D eigenvalue weighted by Crippen LogP contribution is 2.33. The summed E-state index contributed by atoms with van der Waals surface area (Å²) in [6, 6.07) is 12.5. The summed E-state index contributed by atoms with van der Waals surface area (Å²) in [5, 5.41) is 4.07. The molecule has 2 heterocycles. The van der Waals surface area contributed by atoms with Crippen LogP contribution in [0.15, 0.2) is 47.0 Å². The van der Waals surface area contributed by atoms with E-state index >= 15 is 0 Å². The van der Waals surface area contributed by atoms with Gasteiger partial charge in [0.2, 0.25) is 17.6 Å². The van der Waals surface area contributed by atoms with Crippen molar-refractivity contribution in [2.24, 2.45) is 0 Å². The number of anilines is 1. The molecule has 1 amide bonds. The standard InChI is InChI=1S/C22H22FN3O3/c1-13(2)14-4-6-15(7-5-14)21-24-22(29-25-21)16-10-20(27)26(12-16)17-8-9-19(28-3)18(23)11-17/h4-9,11,13,16H,10,12H2,1-3H3. The Morgan fingerprint density at radius 2 is 1.97 bits per heavy atom. The van der Waals surface area contributed by atoms with Gasteiger partial charge in [-0.2, -0.15) is 4.98 Å². The number of hydrogen-bond donors (Lipinski definition) is 0. The highest BCUT2D eigenvalue weighted by atomic mass is 19.1. The molecule has 1 fully saturated rings. The Bertz CT molecular complexity index is 1030. The number of amides is 1. The Hall–Kier alpha value is -3.22. The summed E-state index contributed by atoms with van der Waals surface area (Å²) in [6.45, 7) is 4.64. The molecule has 150 valence electrons. The topological polar surface area (TPSA) is 68.5 Å². The number of halogens is 1. The minimum Gasteiger partial charge on any atom is -0.494 e. The van der Waals surface area contributed by atoms with E-state index in [1.54, 1.807) is 6.07 Å². The maximum Gasteiger partial charge on any atom is 0.232 e. The molecular weight excluding hydrogens is 373 g/mol. The summed E-state index contributed by atoms with van der Waals surface area (Å²) < 4.78 is 24.4. The van der Waals surface area contributed by atoms with Crippen molar-refractivity contribution in [2.75, 3.05) is 18.6 Å². The highest BCUT2D eigenvalue weighted by molar-refractivity contribution is 5.96. The van der Waals surface area contributed by atoms with Gasteiger partial charge in [-0.3, -0.25) is 4.79 Å². The van der Waals surface area contributed by atoms with Crippen molar-refractivity contribution in [1.82, 2.24) is 10.1 Å². The molecule has 4 rings (SSSR count). The Kier molecular flexibility index (Phi) is 5.05. The van der Waals surface area contributed by atoms with Gasteiger partial charge in [0, 0.05) is 30.3 Å². The molecule has 1 saturated heterocycles. The Balaban J connectivity index is 1.52. The van der Waals surface area contributed by atoms with Crippen molar-refractivity contribution >= 4 is 11.6 Å². The van der Waals surface area contributed by atoms with Crippen molar-refractivity contribution < 1.29 is 18.4 Å². The van der Waals surface area contributed by atoms with Crippen molar-refractivity contribution in [3.05, 3.63) is 59.7 Å². The Morgan fingerprint density at radius 1 is 1.21 bits per heavy atom. The number of methoxy groups -OCH3 is 1. The van der Waals surface area contributed by atoms with E-state index in [2.05, 4.69) is 36.1 Å². The third-order valence-corrected chi connectivity index (χ3v) is 5.20. The van der Waals surface area contributed by atoms with E-state index in [-0.39, 0.29) is 24.0 Å². The number of carbonyl (C=O) groups is 1. The minimum atomic E-state index is -0.508. The van der Waals surface area contributed by atoms with Crippen molar-refractivity contribution in [1.29, 1.82) is 0 Å². The summed E-state index contributed by atoms with van der Waals surface area (Å²) in [7, 11) is 1.40. The van der Waals surface area contributed by atoms with Crippen LogP contribution < -0.4 is 9.64 Å². The zero-order valence-electron chi connectivity index (χ0n) is 16.6. The number of hydrogen-bond acceptors (Lipinski definition) is 5. The zero-order valence-corrected chi connectivity index (χ0v) is 16.6. The van der Waals surface area contributed by atoms with Crippen LogP contribution in [0.4, 0.5) is 10.1 Å². The number of aromatic nitrogens is 2. The number of rotatable bonds is 5. The van der Waals surface area contributed by atoms with E-state index in [0.29, 0.717) is 29.9 Å². The number of benzene rings is 2. The van der Waals surface area contributed by atoms with E-state index in [9.17, 15) is 9.18 Å². The van der Waals surface area contributed by atoms with Gasteiger partial charge in [0.1, 0.15) is 0 Å². The van der Waals surface area contributed by atoms with Crippen LogP contribution in [0.1, 0.15) is 43.6 Å². The first-order valence-corrected chi connectivity index (χ1v) is 9.54. The van der Waals surface area contributed by atoms with Crippen molar-refractivity contribution in [3.8, 4) is 17.1 Å². The highest BCUT2D eigenvalue weighted by Gasteiger charge is 2.35. The van der Waals surface area contributed by atoms with Crippen LogP contribution in [-0.4, -0.2) is 29.7 Å². The fourth-order valence-corrected chi connectivity index (χ4v) is 3.48. The van der Waals surface area contributed by atoms with Gasteiger partial charge >= 0.3 is 0 Å². The van der Waals surface area contributed by atoms with Gasteiger partial charge in [0.25, 0.3) is 0 Å². The van der Waals surface area contributed by atoms with Crippen LogP contribution in [0.3, 0.4) is 0 Å². The SMILES string of the molecule is COc1ccc(N2CC(c3nc(-c4ccc(C(C)C)cc4)no3)CC2=O)cc1F. The predicted molar refractivity (Wildman–Crippen MR) is 106 cm³/mol. The molecule has 29 heavy (non-hydrogen) atoms. The summed E-state index contributed by atoms with van der Waals surface area (Å²) in [4.78, 5) is 18.5. The monoisotopic (exact) mass is 395 g/mol. The van der Waals surface area contributed by atoms with Gasteiger partial charge < -0.3 is 14.2 Å². The quantitative estimate of drug-likeness (QED) is 0.635. The average Bonchev–Trinajstić information content (AvgIpc) is 3.35. The second kappa shape index (κ2) is 7.66. The Morgan fingerprint density at radius 3 is 2.62 bits per heavy atom. The van der Waals surface area contributed by atoms with Gasteiger partial charge in [-0.15, -0.1) is 0 Å². The van der Waals surface area contributed by atoms with Crippen LogP contribution >= 0.6 is 0 Å². The molecule has 2 aromatic carbocycles. The third-order valence-electron chi connectivity index (χ3n) is 5.20. The zero-order chi connectivity index (χ0) is 20.5. The minimum absolute atomic E-state index is 0.111. The summed E-state index contributed by atoms with van der Waals surface area (Å²) in [6.07, 6.45) is 0.238. The second-order valence-electron chi connectivity index (χ2n) is 7.46. The molecule has 1 aliphatic heterocycles. The third kappa shape index (κ3) is 3.72. The normalized spacial score (nSPS) is 16.7. The molecule has 0 spiro atoms. The maximum absolute atomic E-state index is 14.0. The van der Waals surface area contributed by atoms with Crippen LogP contribution in [0, 0.1) is 5.82 Å². The summed E-state index contributed by atoms with van der Waals surface area (Å²) in [5.41, 5.74) is 2.59. The van der Waals surface area contributed by atoms with Crippen molar-refractivity contribution in [3.63, 3.8) is 0 Å². The van der Waals surface area contributed by atoms with E-state index < -0.39 is 5.82 Å². The lowest BCUT2D eigenvalue weighted by Gasteiger charge is -2.16. The maximum atomic E-state index is 14.0. The molecule has 1 aliphatic rings. The average molecular weight is 395 g/mol. The molecule has 6 nitrogen and oxygen atoms in total. The van der Waals surface area contributed by atoms with Crippen molar-refractivity contribution in [2.45, 2.75) is 32.1 Å². The molecular formula is C22H22FN3O3. The van der Waals surface area contributed by atoms with E-state index in [1.165, 1.54) is 29.7 Å². The lowest BCUT2D eigenvalue weighted by molar-refractivity contribution is -0.117. The molecule has 7 heteroatoms. The largest absolute Gasteiger partial charge is 0.494 e. The van der Waals surface area contributed by atoms with E-state index in [1.807, 2.05) is 12.1 Å². The smallest absolute Gasteiger partial charge is 0.232 e. The number of carbonyl (C=O) groups excluding carboxylic acids is 1.